The molecule has 9 heteroatoms. The van der Waals surface area contributed by atoms with Gasteiger partial charge in [0.2, 0.25) is 5.91 Å². The zero-order valence-electron chi connectivity index (χ0n) is 21.0. The zero-order chi connectivity index (χ0) is 25.4. The van der Waals surface area contributed by atoms with Crippen LogP contribution in [0.5, 0.6) is 0 Å². The number of methoxy groups -OCH3 is 1. The molecular formula is C27H34N4O5. The van der Waals surface area contributed by atoms with Crippen molar-refractivity contribution >= 4 is 34.7 Å². The monoisotopic (exact) mass is 494 g/mol. The van der Waals surface area contributed by atoms with Crippen LogP contribution in [0, 0.1) is 5.92 Å². The number of hydrogen-bond acceptors (Lipinski definition) is 5. The van der Waals surface area contributed by atoms with Crippen LogP contribution in [0.3, 0.4) is 0 Å². The molecule has 36 heavy (non-hydrogen) atoms. The third-order valence-corrected chi connectivity index (χ3v) is 8.50. The fourth-order valence-electron chi connectivity index (χ4n) is 6.14. The minimum atomic E-state index is -0.825. The highest BCUT2D eigenvalue weighted by molar-refractivity contribution is 6.09. The minimum absolute atomic E-state index is 0.192. The van der Waals surface area contributed by atoms with Crippen molar-refractivity contribution in [2.75, 3.05) is 26.7 Å². The van der Waals surface area contributed by atoms with E-state index >= 15 is 0 Å². The number of urea groups is 1. The summed E-state index contributed by atoms with van der Waals surface area (Å²) in [5, 5.41) is 3.90. The molecule has 2 aliphatic heterocycles. The molecule has 1 aliphatic carbocycles. The normalized spacial score (nSPS) is 25.0. The van der Waals surface area contributed by atoms with E-state index < -0.39 is 11.6 Å². The number of fused-ring (bicyclic) bond motifs is 1. The van der Waals surface area contributed by atoms with Gasteiger partial charge in [-0.15, -0.1) is 0 Å². The van der Waals surface area contributed by atoms with Crippen LogP contribution in [0.2, 0.25) is 0 Å². The number of rotatable bonds is 5. The Kier molecular flexibility index (Phi) is 6.49. The maximum atomic E-state index is 13.2. The van der Waals surface area contributed by atoms with Gasteiger partial charge in [-0.2, -0.15) is 0 Å². The van der Waals surface area contributed by atoms with Gasteiger partial charge >= 0.3 is 12.0 Å². The predicted octanol–water partition coefficient (Wildman–Crippen LogP) is 3.55. The van der Waals surface area contributed by atoms with Crippen molar-refractivity contribution in [3.63, 3.8) is 0 Å². The molecule has 1 saturated carbocycles. The summed E-state index contributed by atoms with van der Waals surface area (Å²) >= 11 is 0. The number of aromatic nitrogens is 1. The number of H-pyrrole nitrogens is 1. The maximum absolute atomic E-state index is 13.2. The number of amides is 4. The van der Waals surface area contributed by atoms with E-state index in [1.54, 1.807) is 11.0 Å². The molecule has 3 fully saturated rings. The second kappa shape index (κ2) is 9.59. The topological polar surface area (TPSA) is 112 Å². The highest BCUT2D eigenvalue weighted by Gasteiger charge is 2.52. The van der Waals surface area contributed by atoms with Gasteiger partial charge in [0.25, 0.3) is 5.91 Å². The lowest BCUT2D eigenvalue weighted by atomic mass is 9.75. The second-order valence-electron chi connectivity index (χ2n) is 10.4. The summed E-state index contributed by atoms with van der Waals surface area (Å²) in [6, 6.07) is 5.03. The van der Waals surface area contributed by atoms with Gasteiger partial charge in [0.15, 0.2) is 0 Å². The number of carbonyl (C=O) groups excluding carboxylic acids is 4. The predicted molar refractivity (Wildman–Crippen MR) is 133 cm³/mol. The molecule has 1 spiro atoms. The number of likely N-dealkylation sites (tertiary alicyclic amines) is 1. The van der Waals surface area contributed by atoms with Crippen LogP contribution >= 0.6 is 0 Å². The molecule has 0 radical (unpaired) electrons. The molecule has 192 valence electrons. The number of nitrogens with one attached hydrogen (secondary N) is 2. The average molecular weight is 495 g/mol. The third-order valence-electron chi connectivity index (χ3n) is 8.50. The van der Waals surface area contributed by atoms with Crippen molar-refractivity contribution in [2.24, 2.45) is 5.92 Å². The van der Waals surface area contributed by atoms with Crippen LogP contribution in [-0.4, -0.2) is 70.9 Å². The van der Waals surface area contributed by atoms with Crippen molar-refractivity contribution in [2.45, 2.75) is 63.3 Å². The summed E-state index contributed by atoms with van der Waals surface area (Å²) in [7, 11) is 1.37. The fraction of sp³-hybridized carbons (Fsp3) is 0.556. The van der Waals surface area contributed by atoms with E-state index in [4.69, 9.17) is 4.74 Å². The third kappa shape index (κ3) is 4.24. The smallest absolute Gasteiger partial charge is 0.337 e. The van der Waals surface area contributed by atoms with Crippen molar-refractivity contribution < 1.29 is 23.9 Å². The van der Waals surface area contributed by atoms with Gasteiger partial charge in [0.1, 0.15) is 12.1 Å². The number of imide groups is 1. The Labute approximate surface area is 210 Å². The van der Waals surface area contributed by atoms with Crippen molar-refractivity contribution in [1.29, 1.82) is 0 Å². The molecule has 1 aromatic heterocycles. The quantitative estimate of drug-likeness (QED) is 0.488. The number of piperidine rings is 1. The van der Waals surface area contributed by atoms with E-state index in [1.165, 1.54) is 7.11 Å². The number of aromatic amines is 1. The lowest BCUT2D eigenvalue weighted by molar-refractivity contribution is -0.140. The maximum Gasteiger partial charge on any atom is 0.337 e. The van der Waals surface area contributed by atoms with E-state index in [2.05, 4.69) is 17.2 Å². The molecule has 3 heterocycles. The summed E-state index contributed by atoms with van der Waals surface area (Å²) in [5.74, 6) is 0.0322. The first kappa shape index (κ1) is 24.3. The Bertz CT molecular complexity index is 1190. The van der Waals surface area contributed by atoms with E-state index in [0.29, 0.717) is 37.4 Å². The van der Waals surface area contributed by atoms with Crippen LogP contribution in [0.4, 0.5) is 4.79 Å². The number of benzene rings is 1. The van der Waals surface area contributed by atoms with Gasteiger partial charge in [-0.05, 0) is 74.1 Å². The van der Waals surface area contributed by atoms with E-state index in [-0.39, 0.29) is 30.2 Å². The minimum Gasteiger partial charge on any atom is -0.465 e. The summed E-state index contributed by atoms with van der Waals surface area (Å²) in [6.45, 7) is 3.06. The summed E-state index contributed by atoms with van der Waals surface area (Å²) in [6.07, 6.45) is 7.74. The van der Waals surface area contributed by atoms with E-state index in [0.717, 1.165) is 53.5 Å². The standard InChI is InChI=1S/C27H34N4O5/c1-3-17-6-10-27(11-7-17)25(34)31(26(35)29-27)16-23(32)30-12-8-18(9-13-30)21-15-28-22-5-4-19(14-20(21)22)24(33)36-2/h4-5,14-15,17-18,28H,3,6-13,16H2,1-2H3,(H,29,35). The molecular weight excluding hydrogens is 460 g/mol. The number of nitrogens with zero attached hydrogens (tertiary/aromatic N) is 2. The summed E-state index contributed by atoms with van der Waals surface area (Å²) < 4.78 is 4.85. The number of esters is 1. The highest BCUT2D eigenvalue weighted by atomic mass is 16.5. The largest absolute Gasteiger partial charge is 0.465 e. The fourth-order valence-corrected chi connectivity index (χ4v) is 6.14. The first-order valence-corrected chi connectivity index (χ1v) is 13.0. The summed E-state index contributed by atoms with van der Waals surface area (Å²) in [4.78, 5) is 57.0. The van der Waals surface area contributed by atoms with Crippen molar-refractivity contribution in [3.8, 4) is 0 Å². The molecule has 0 bridgehead atoms. The van der Waals surface area contributed by atoms with E-state index in [1.807, 2.05) is 18.3 Å². The van der Waals surface area contributed by atoms with Crippen LogP contribution in [0.15, 0.2) is 24.4 Å². The molecule has 9 nitrogen and oxygen atoms in total. The number of hydrogen-bond donors (Lipinski definition) is 2. The SMILES string of the molecule is CCC1CCC2(CC1)NC(=O)N(CC(=O)N1CCC(c3c[nH]c4ccc(C(=O)OC)cc34)CC1)C2=O. The van der Waals surface area contributed by atoms with Gasteiger partial charge < -0.3 is 19.9 Å². The Balaban J connectivity index is 1.21. The molecule has 5 rings (SSSR count). The Morgan fingerprint density at radius 3 is 2.50 bits per heavy atom. The molecule has 2 saturated heterocycles. The molecule has 4 amide bonds. The lowest BCUT2D eigenvalue weighted by Gasteiger charge is -2.35. The van der Waals surface area contributed by atoms with E-state index in [9.17, 15) is 19.2 Å². The van der Waals surface area contributed by atoms with Gasteiger partial charge in [-0.3, -0.25) is 14.5 Å². The summed E-state index contributed by atoms with van der Waals surface area (Å²) in [5.41, 5.74) is 1.76. The second-order valence-corrected chi connectivity index (χ2v) is 10.4. The average Bonchev–Trinajstić information content (AvgIpc) is 3.43. The molecule has 0 atom stereocenters. The Hall–Kier alpha value is -3.36. The zero-order valence-corrected chi connectivity index (χ0v) is 21.0. The number of carbonyl (C=O) groups is 4. The van der Waals surface area contributed by atoms with Gasteiger partial charge in [-0.1, -0.05) is 13.3 Å². The molecule has 0 unspecified atom stereocenters. The Morgan fingerprint density at radius 1 is 1.11 bits per heavy atom. The van der Waals surface area contributed by atoms with Crippen molar-refractivity contribution in [3.05, 3.63) is 35.5 Å². The lowest BCUT2D eigenvalue weighted by Crippen LogP contribution is -2.50. The Morgan fingerprint density at radius 2 is 1.83 bits per heavy atom. The molecule has 2 N–H and O–H groups in total. The van der Waals surface area contributed by atoms with Crippen LogP contribution in [-0.2, 0) is 14.3 Å². The molecule has 1 aromatic carbocycles. The van der Waals surface area contributed by atoms with Crippen LogP contribution in [0.25, 0.3) is 10.9 Å². The van der Waals surface area contributed by atoms with Gasteiger partial charge in [0, 0.05) is 30.2 Å². The van der Waals surface area contributed by atoms with Crippen LogP contribution in [0.1, 0.15) is 73.7 Å². The first-order valence-electron chi connectivity index (χ1n) is 13.0. The van der Waals surface area contributed by atoms with Gasteiger partial charge in [0.05, 0.1) is 12.7 Å². The molecule has 2 aromatic rings. The van der Waals surface area contributed by atoms with Gasteiger partial charge in [-0.25, -0.2) is 9.59 Å². The number of ether oxygens (including phenoxy) is 1. The van der Waals surface area contributed by atoms with Crippen LogP contribution < -0.4 is 5.32 Å². The first-order chi connectivity index (χ1) is 17.3. The molecule has 3 aliphatic rings. The highest BCUT2D eigenvalue weighted by Crippen LogP contribution is 2.38. The van der Waals surface area contributed by atoms with Crippen molar-refractivity contribution in [1.82, 2.24) is 20.1 Å².